The Morgan fingerprint density at radius 3 is 2.55 bits per heavy atom. The summed E-state index contributed by atoms with van der Waals surface area (Å²) in [5, 5.41) is 11.8. The first-order valence-corrected chi connectivity index (χ1v) is 6.46. The Balaban J connectivity index is 1.89. The minimum atomic E-state index is -4.33. The number of hydrogen-bond acceptors (Lipinski definition) is 3. The molecule has 1 aromatic rings. The molecule has 3 nitrogen and oxygen atoms in total. The zero-order valence-electron chi connectivity index (χ0n) is 10.9. The van der Waals surface area contributed by atoms with Gasteiger partial charge in [0.2, 0.25) is 0 Å². The monoisotopic (exact) mass is 287 g/mol. The Hall–Kier alpha value is -1.56. The summed E-state index contributed by atoms with van der Waals surface area (Å²) in [5.74, 6) is 0. The molecule has 1 aliphatic rings. The molecule has 0 unspecified atom stereocenters. The van der Waals surface area contributed by atoms with E-state index in [2.05, 4.69) is 5.16 Å². The number of nitrogens with zero attached hydrogens (tertiary/aromatic N) is 1. The molecule has 1 aliphatic carbocycles. The van der Waals surface area contributed by atoms with Gasteiger partial charge in [0.25, 0.3) is 0 Å². The van der Waals surface area contributed by atoms with Gasteiger partial charge in [-0.15, -0.1) is 0 Å². The van der Waals surface area contributed by atoms with E-state index in [1.165, 1.54) is 6.07 Å². The molecule has 0 bridgehead atoms. The van der Waals surface area contributed by atoms with Crippen LogP contribution in [0.25, 0.3) is 0 Å². The maximum atomic E-state index is 12.6. The fourth-order valence-electron chi connectivity index (χ4n) is 2.24. The van der Waals surface area contributed by atoms with Gasteiger partial charge in [0.05, 0.1) is 24.0 Å². The fourth-order valence-corrected chi connectivity index (χ4v) is 2.24. The zero-order valence-corrected chi connectivity index (χ0v) is 10.9. The molecule has 20 heavy (non-hydrogen) atoms. The van der Waals surface area contributed by atoms with Crippen LogP contribution in [-0.2, 0) is 17.5 Å². The van der Waals surface area contributed by atoms with Crippen molar-refractivity contribution in [2.45, 2.75) is 44.6 Å². The standard InChI is InChI=1S/C14H16F3NO2/c15-14(16,17)11-3-1-2-10(8-11)9-20-13-6-4-12(18-19)5-7-13/h1-3,8,13,19H,4-7,9H2. The predicted molar refractivity (Wildman–Crippen MR) is 67.7 cm³/mol. The maximum Gasteiger partial charge on any atom is 0.416 e. The van der Waals surface area contributed by atoms with Crippen LogP contribution < -0.4 is 0 Å². The lowest BCUT2D eigenvalue weighted by molar-refractivity contribution is -0.137. The molecule has 0 radical (unpaired) electrons. The topological polar surface area (TPSA) is 41.8 Å². The molecule has 1 fully saturated rings. The van der Waals surface area contributed by atoms with Gasteiger partial charge in [0, 0.05) is 0 Å². The van der Waals surface area contributed by atoms with Gasteiger partial charge in [-0.25, -0.2) is 0 Å². The number of halogens is 3. The van der Waals surface area contributed by atoms with Crippen LogP contribution in [0.15, 0.2) is 29.4 Å². The molecule has 0 aliphatic heterocycles. The van der Waals surface area contributed by atoms with Gasteiger partial charge in [-0.3, -0.25) is 0 Å². The van der Waals surface area contributed by atoms with Crippen molar-refractivity contribution in [2.75, 3.05) is 0 Å². The van der Waals surface area contributed by atoms with E-state index in [0.717, 1.165) is 30.7 Å². The van der Waals surface area contributed by atoms with E-state index in [1.807, 2.05) is 0 Å². The van der Waals surface area contributed by atoms with Gasteiger partial charge in [-0.2, -0.15) is 13.2 Å². The Kier molecular flexibility index (Phi) is 4.65. The number of hydrogen-bond donors (Lipinski definition) is 1. The van der Waals surface area contributed by atoms with Crippen molar-refractivity contribution in [1.29, 1.82) is 0 Å². The Morgan fingerprint density at radius 2 is 1.95 bits per heavy atom. The molecule has 1 saturated carbocycles. The SMILES string of the molecule is ON=C1CCC(OCc2cccc(C(F)(F)F)c2)CC1. The molecule has 0 saturated heterocycles. The van der Waals surface area contributed by atoms with Crippen LogP contribution >= 0.6 is 0 Å². The van der Waals surface area contributed by atoms with Crippen molar-refractivity contribution in [1.82, 2.24) is 0 Å². The van der Waals surface area contributed by atoms with Crippen molar-refractivity contribution in [3.8, 4) is 0 Å². The minimum absolute atomic E-state index is 0.00930. The molecule has 0 heterocycles. The first-order valence-electron chi connectivity index (χ1n) is 6.46. The van der Waals surface area contributed by atoms with Crippen LogP contribution in [0.2, 0.25) is 0 Å². The summed E-state index contributed by atoms with van der Waals surface area (Å²) < 4.78 is 43.3. The molecule has 110 valence electrons. The molecular formula is C14H16F3NO2. The van der Waals surface area contributed by atoms with E-state index in [9.17, 15) is 13.2 Å². The summed E-state index contributed by atoms with van der Waals surface area (Å²) in [6, 6.07) is 5.18. The lowest BCUT2D eigenvalue weighted by Gasteiger charge is -2.22. The molecule has 0 spiro atoms. The minimum Gasteiger partial charge on any atom is -0.411 e. The van der Waals surface area contributed by atoms with Crippen molar-refractivity contribution in [3.05, 3.63) is 35.4 Å². The summed E-state index contributed by atoms with van der Waals surface area (Å²) in [4.78, 5) is 0. The Morgan fingerprint density at radius 1 is 1.25 bits per heavy atom. The molecule has 6 heteroatoms. The third kappa shape index (κ3) is 3.96. The normalized spacial score (nSPS) is 19.9. The van der Waals surface area contributed by atoms with Gasteiger partial charge >= 0.3 is 6.18 Å². The van der Waals surface area contributed by atoms with Gasteiger partial charge in [-0.1, -0.05) is 17.3 Å². The van der Waals surface area contributed by atoms with Crippen LogP contribution in [0.5, 0.6) is 0 Å². The Labute approximate surface area is 115 Å². The highest BCUT2D eigenvalue weighted by atomic mass is 19.4. The highest BCUT2D eigenvalue weighted by Gasteiger charge is 2.30. The molecule has 1 N–H and O–H groups in total. The predicted octanol–water partition coefficient (Wildman–Crippen LogP) is 3.99. The first kappa shape index (κ1) is 14.8. The van der Waals surface area contributed by atoms with E-state index in [0.29, 0.717) is 18.4 Å². The van der Waals surface area contributed by atoms with E-state index in [1.54, 1.807) is 6.07 Å². The summed E-state index contributed by atoms with van der Waals surface area (Å²) in [7, 11) is 0. The van der Waals surface area contributed by atoms with Crippen LogP contribution in [0.3, 0.4) is 0 Å². The van der Waals surface area contributed by atoms with Crippen molar-refractivity contribution < 1.29 is 23.1 Å². The average Bonchev–Trinajstić information content (AvgIpc) is 2.45. The quantitative estimate of drug-likeness (QED) is 0.674. The van der Waals surface area contributed by atoms with E-state index < -0.39 is 11.7 Å². The summed E-state index contributed by atoms with van der Waals surface area (Å²) in [6.45, 7) is 0.167. The molecule has 0 amide bonds. The number of alkyl halides is 3. The largest absolute Gasteiger partial charge is 0.416 e. The highest BCUT2D eigenvalue weighted by molar-refractivity contribution is 5.84. The third-order valence-electron chi connectivity index (χ3n) is 3.39. The van der Waals surface area contributed by atoms with Gasteiger partial charge in [0.15, 0.2) is 0 Å². The average molecular weight is 287 g/mol. The first-order chi connectivity index (χ1) is 9.49. The van der Waals surface area contributed by atoms with Crippen LogP contribution in [0.4, 0.5) is 13.2 Å². The third-order valence-corrected chi connectivity index (χ3v) is 3.39. The van der Waals surface area contributed by atoms with Gasteiger partial charge in [-0.05, 0) is 43.4 Å². The second kappa shape index (κ2) is 6.26. The fraction of sp³-hybridized carbons (Fsp3) is 0.500. The second-order valence-electron chi connectivity index (χ2n) is 4.87. The lowest BCUT2D eigenvalue weighted by Crippen LogP contribution is -2.21. The molecule has 0 aromatic heterocycles. The van der Waals surface area contributed by atoms with Gasteiger partial charge < -0.3 is 9.94 Å². The van der Waals surface area contributed by atoms with Crippen molar-refractivity contribution in [2.24, 2.45) is 5.16 Å². The van der Waals surface area contributed by atoms with Crippen molar-refractivity contribution >= 4 is 5.71 Å². The van der Waals surface area contributed by atoms with Gasteiger partial charge in [0.1, 0.15) is 0 Å². The second-order valence-corrected chi connectivity index (χ2v) is 4.87. The maximum absolute atomic E-state index is 12.6. The summed E-state index contributed by atoms with van der Waals surface area (Å²) in [6.07, 6.45) is -1.51. The van der Waals surface area contributed by atoms with E-state index in [-0.39, 0.29) is 12.7 Å². The molecule has 0 atom stereocenters. The van der Waals surface area contributed by atoms with E-state index >= 15 is 0 Å². The lowest BCUT2D eigenvalue weighted by atomic mass is 9.96. The van der Waals surface area contributed by atoms with Crippen LogP contribution in [-0.4, -0.2) is 17.0 Å². The molecule has 1 aromatic carbocycles. The Bertz CT molecular complexity index is 476. The summed E-state index contributed by atoms with van der Waals surface area (Å²) in [5.41, 5.74) is 0.613. The summed E-state index contributed by atoms with van der Waals surface area (Å²) >= 11 is 0. The van der Waals surface area contributed by atoms with Crippen LogP contribution in [0.1, 0.15) is 36.8 Å². The smallest absolute Gasteiger partial charge is 0.411 e. The highest BCUT2D eigenvalue weighted by Crippen LogP contribution is 2.30. The van der Waals surface area contributed by atoms with Crippen LogP contribution in [0, 0.1) is 0 Å². The molecule has 2 rings (SSSR count). The van der Waals surface area contributed by atoms with E-state index in [4.69, 9.17) is 9.94 Å². The number of oxime groups is 1. The zero-order chi connectivity index (χ0) is 14.6. The van der Waals surface area contributed by atoms with Crippen molar-refractivity contribution in [3.63, 3.8) is 0 Å². The number of benzene rings is 1. The molecular weight excluding hydrogens is 271 g/mol. The number of rotatable bonds is 3. The number of ether oxygens (including phenoxy) is 1.